The summed E-state index contributed by atoms with van der Waals surface area (Å²) in [5.74, 6) is 0.00254. The van der Waals surface area contributed by atoms with Gasteiger partial charge in [0, 0.05) is 43.2 Å². The van der Waals surface area contributed by atoms with E-state index < -0.39 is 0 Å². The molecule has 1 aliphatic heterocycles. The Morgan fingerprint density at radius 2 is 2.30 bits per heavy atom. The van der Waals surface area contributed by atoms with E-state index in [9.17, 15) is 9.59 Å². The van der Waals surface area contributed by atoms with E-state index in [1.165, 1.54) is 0 Å². The monoisotopic (exact) mass is 333 g/mol. The molecule has 1 atom stereocenters. The number of halogens is 1. The fourth-order valence-corrected chi connectivity index (χ4v) is 3.44. The van der Waals surface area contributed by atoms with E-state index in [1.807, 2.05) is 0 Å². The molecule has 6 heteroatoms. The molecule has 0 saturated carbocycles. The van der Waals surface area contributed by atoms with Gasteiger partial charge in [-0.05, 0) is 31.5 Å². The van der Waals surface area contributed by atoms with Crippen LogP contribution in [-0.4, -0.2) is 34.9 Å². The quantitative estimate of drug-likeness (QED) is 0.905. The number of rotatable bonds is 3. The number of nitrogens with zero attached hydrogens (tertiary/aromatic N) is 1. The molecule has 3 rings (SSSR count). The largest absolute Gasteiger partial charge is 0.356 e. The van der Waals surface area contributed by atoms with Gasteiger partial charge in [-0.3, -0.25) is 14.5 Å². The number of H-pyrrole nitrogens is 1. The van der Waals surface area contributed by atoms with Gasteiger partial charge < -0.3 is 10.3 Å². The summed E-state index contributed by atoms with van der Waals surface area (Å²) in [4.78, 5) is 29.0. The van der Waals surface area contributed by atoms with Gasteiger partial charge >= 0.3 is 0 Å². The van der Waals surface area contributed by atoms with E-state index in [1.54, 1.807) is 31.2 Å². The fraction of sp³-hybridized carbons (Fsp3) is 0.412. The van der Waals surface area contributed by atoms with Gasteiger partial charge in [0.15, 0.2) is 5.43 Å². The van der Waals surface area contributed by atoms with E-state index in [0.29, 0.717) is 22.5 Å². The Hall–Kier alpha value is -1.85. The van der Waals surface area contributed by atoms with Crippen molar-refractivity contribution in [3.63, 3.8) is 0 Å². The van der Waals surface area contributed by atoms with Crippen molar-refractivity contribution in [1.29, 1.82) is 0 Å². The molecule has 5 nitrogen and oxygen atoms in total. The minimum atomic E-state index is -0.0216. The average molecular weight is 334 g/mol. The second-order valence-electron chi connectivity index (χ2n) is 6.10. The molecule has 1 aliphatic rings. The van der Waals surface area contributed by atoms with E-state index in [-0.39, 0.29) is 17.4 Å². The SMILES string of the molecule is CC(=O)N[C@@H]1CCCN(Cc2cc(=O)c3cccc(Cl)c3[nH]2)C1. The molecule has 23 heavy (non-hydrogen) atoms. The van der Waals surface area contributed by atoms with E-state index in [2.05, 4.69) is 15.2 Å². The average Bonchev–Trinajstić information content (AvgIpc) is 2.48. The molecule has 1 aromatic carbocycles. The van der Waals surface area contributed by atoms with Crippen LogP contribution in [0, 0.1) is 0 Å². The van der Waals surface area contributed by atoms with Crippen molar-refractivity contribution >= 4 is 28.4 Å². The van der Waals surface area contributed by atoms with Crippen molar-refractivity contribution in [3.8, 4) is 0 Å². The minimum absolute atomic E-state index is 0.00254. The highest BCUT2D eigenvalue weighted by atomic mass is 35.5. The van der Waals surface area contributed by atoms with Crippen molar-refractivity contribution < 1.29 is 4.79 Å². The van der Waals surface area contributed by atoms with Crippen LogP contribution in [0.15, 0.2) is 29.1 Å². The predicted octanol–water partition coefficient (Wildman–Crippen LogP) is 2.28. The maximum Gasteiger partial charge on any atom is 0.217 e. The number of hydrogen-bond acceptors (Lipinski definition) is 3. The van der Waals surface area contributed by atoms with Crippen molar-refractivity contribution in [3.05, 3.63) is 45.2 Å². The lowest BCUT2D eigenvalue weighted by Crippen LogP contribution is -2.46. The highest BCUT2D eigenvalue weighted by Gasteiger charge is 2.21. The molecule has 2 heterocycles. The van der Waals surface area contributed by atoms with Crippen molar-refractivity contribution in [1.82, 2.24) is 15.2 Å². The van der Waals surface area contributed by atoms with Crippen LogP contribution in [0.4, 0.5) is 0 Å². The first-order chi connectivity index (χ1) is 11.0. The summed E-state index contributed by atoms with van der Waals surface area (Å²) in [5.41, 5.74) is 1.51. The summed E-state index contributed by atoms with van der Waals surface area (Å²) in [6, 6.07) is 7.15. The molecule has 0 spiro atoms. The lowest BCUT2D eigenvalue weighted by molar-refractivity contribution is -0.120. The molecule has 2 N–H and O–H groups in total. The van der Waals surface area contributed by atoms with Crippen molar-refractivity contribution in [2.24, 2.45) is 0 Å². The molecule has 0 unspecified atom stereocenters. The third kappa shape index (κ3) is 3.74. The topological polar surface area (TPSA) is 65.2 Å². The molecule has 1 fully saturated rings. The molecule has 2 aromatic rings. The van der Waals surface area contributed by atoms with Crippen LogP contribution in [0.3, 0.4) is 0 Å². The maximum absolute atomic E-state index is 12.2. The highest BCUT2D eigenvalue weighted by molar-refractivity contribution is 6.35. The van der Waals surface area contributed by atoms with E-state index >= 15 is 0 Å². The summed E-state index contributed by atoms with van der Waals surface area (Å²) in [6.07, 6.45) is 2.03. The lowest BCUT2D eigenvalue weighted by atomic mass is 10.1. The standard InChI is InChI=1S/C17H20ClN3O2/c1-11(22)19-12-4-3-7-21(9-12)10-13-8-16(23)14-5-2-6-15(18)17(14)20-13/h2,5-6,8,12H,3-4,7,9-10H2,1H3,(H,19,22)(H,20,23)/t12-/m1/s1. The molecule has 0 bridgehead atoms. The Labute approximate surface area is 139 Å². The Balaban J connectivity index is 1.80. The maximum atomic E-state index is 12.2. The number of nitrogens with one attached hydrogen (secondary N) is 2. The zero-order valence-corrected chi connectivity index (χ0v) is 13.8. The number of aromatic nitrogens is 1. The number of piperidine rings is 1. The van der Waals surface area contributed by atoms with E-state index in [4.69, 9.17) is 11.6 Å². The van der Waals surface area contributed by atoms with Crippen LogP contribution < -0.4 is 10.7 Å². The molecule has 0 radical (unpaired) electrons. The number of amides is 1. The van der Waals surface area contributed by atoms with Gasteiger partial charge in [-0.15, -0.1) is 0 Å². The Morgan fingerprint density at radius 3 is 3.09 bits per heavy atom. The zero-order chi connectivity index (χ0) is 16.4. The van der Waals surface area contributed by atoms with Gasteiger partial charge in [0.25, 0.3) is 0 Å². The number of para-hydroxylation sites is 1. The van der Waals surface area contributed by atoms with Crippen LogP contribution in [-0.2, 0) is 11.3 Å². The first-order valence-electron chi connectivity index (χ1n) is 7.83. The Morgan fingerprint density at radius 1 is 1.48 bits per heavy atom. The molecule has 1 amide bonds. The van der Waals surface area contributed by atoms with Gasteiger partial charge in [0.2, 0.25) is 5.91 Å². The number of fused-ring (bicyclic) bond motifs is 1. The second kappa shape index (κ2) is 6.72. The lowest BCUT2D eigenvalue weighted by Gasteiger charge is -2.32. The number of benzene rings is 1. The third-order valence-corrected chi connectivity index (χ3v) is 4.49. The number of likely N-dealkylation sites (tertiary alicyclic amines) is 1. The second-order valence-corrected chi connectivity index (χ2v) is 6.50. The summed E-state index contributed by atoms with van der Waals surface area (Å²) in [7, 11) is 0. The van der Waals surface area contributed by atoms with Crippen LogP contribution in [0.25, 0.3) is 10.9 Å². The van der Waals surface area contributed by atoms with Crippen LogP contribution in [0.1, 0.15) is 25.5 Å². The third-order valence-electron chi connectivity index (χ3n) is 4.18. The molecule has 1 aromatic heterocycles. The van der Waals surface area contributed by atoms with Crippen molar-refractivity contribution in [2.45, 2.75) is 32.4 Å². The van der Waals surface area contributed by atoms with Gasteiger partial charge in [-0.1, -0.05) is 17.7 Å². The number of pyridine rings is 1. The van der Waals surface area contributed by atoms with Crippen molar-refractivity contribution in [2.75, 3.05) is 13.1 Å². The highest BCUT2D eigenvalue weighted by Crippen LogP contribution is 2.20. The summed E-state index contributed by atoms with van der Waals surface area (Å²) in [6.45, 7) is 3.94. The van der Waals surface area contributed by atoms with Gasteiger partial charge in [0.05, 0.1) is 10.5 Å². The number of carbonyl (C=O) groups is 1. The Kier molecular flexibility index (Phi) is 4.68. The Bertz CT molecular complexity index is 787. The smallest absolute Gasteiger partial charge is 0.217 e. The summed E-state index contributed by atoms with van der Waals surface area (Å²) in [5, 5.41) is 4.13. The molecule has 122 valence electrons. The van der Waals surface area contributed by atoms with Gasteiger partial charge in [0.1, 0.15) is 0 Å². The number of aromatic amines is 1. The zero-order valence-electron chi connectivity index (χ0n) is 13.1. The van der Waals surface area contributed by atoms with Gasteiger partial charge in [-0.25, -0.2) is 0 Å². The number of hydrogen-bond donors (Lipinski definition) is 2. The van der Waals surface area contributed by atoms with Gasteiger partial charge in [-0.2, -0.15) is 0 Å². The first-order valence-corrected chi connectivity index (χ1v) is 8.20. The first kappa shape index (κ1) is 16.0. The molecular formula is C17H20ClN3O2. The summed E-state index contributed by atoms with van der Waals surface area (Å²) >= 11 is 6.19. The molecule has 0 aliphatic carbocycles. The molecule has 1 saturated heterocycles. The summed E-state index contributed by atoms with van der Waals surface area (Å²) < 4.78 is 0. The normalized spacial score (nSPS) is 19.0. The van der Waals surface area contributed by atoms with Crippen LogP contribution >= 0.6 is 11.6 Å². The number of carbonyl (C=O) groups excluding carboxylic acids is 1. The van der Waals surface area contributed by atoms with E-state index in [0.717, 1.165) is 31.6 Å². The minimum Gasteiger partial charge on any atom is -0.356 e. The molecular weight excluding hydrogens is 314 g/mol. The van der Waals surface area contributed by atoms with Crippen LogP contribution in [0.2, 0.25) is 5.02 Å². The fourth-order valence-electron chi connectivity index (χ4n) is 3.22. The predicted molar refractivity (Wildman–Crippen MR) is 91.7 cm³/mol. The van der Waals surface area contributed by atoms with Crippen LogP contribution in [0.5, 0.6) is 0 Å².